The molecule has 0 radical (unpaired) electrons. The van der Waals surface area contributed by atoms with E-state index < -0.39 is 0 Å². The number of hydrogen-bond donors (Lipinski definition) is 1. The molecule has 0 aromatic heterocycles. The first kappa shape index (κ1) is 16.2. The minimum absolute atomic E-state index is 0.117. The molecule has 1 saturated heterocycles. The molecular formula is C20H22N2O2. The maximum Gasteiger partial charge on any atom is 0.255 e. The molecule has 1 aliphatic rings. The fourth-order valence-electron chi connectivity index (χ4n) is 2.98. The average Bonchev–Trinajstić information content (AvgIpc) is 3.11. The Kier molecular flexibility index (Phi) is 4.94. The quantitative estimate of drug-likeness (QED) is 0.938. The summed E-state index contributed by atoms with van der Waals surface area (Å²) in [5.41, 5.74) is 3.33. The van der Waals surface area contributed by atoms with Gasteiger partial charge in [0.25, 0.3) is 5.91 Å². The summed E-state index contributed by atoms with van der Waals surface area (Å²) in [6.45, 7) is 3.68. The van der Waals surface area contributed by atoms with Gasteiger partial charge >= 0.3 is 0 Å². The van der Waals surface area contributed by atoms with Crippen LogP contribution in [0.15, 0.2) is 48.5 Å². The van der Waals surface area contributed by atoms with E-state index in [1.165, 1.54) is 0 Å². The van der Waals surface area contributed by atoms with Crippen LogP contribution in [0.5, 0.6) is 0 Å². The van der Waals surface area contributed by atoms with E-state index in [0.29, 0.717) is 12.0 Å². The van der Waals surface area contributed by atoms with Gasteiger partial charge in [0.1, 0.15) is 0 Å². The van der Waals surface area contributed by atoms with Gasteiger partial charge in [-0.05, 0) is 49.1 Å². The number of carbonyl (C=O) groups is 2. The van der Waals surface area contributed by atoms with Crippen molar-refractivity contribution in [2.75, 3.05) is 18.4 Å². The van der Waals surface area contributed by atoms with Crippen LogP contribution in [0.25, 0.3) is 0 Å². The highest BCUT2D eigenvalue weighted by atomic mass is 16.2. The van der Waals surface area contributed by atoms with Crippen LogP contribution in [0.2, 0.25) is 0 Å². The zero-order valence-electron chi connectivity index (χ0n) is 13.9. The van der Waals surface area contributed by atoms with Crippen molar-refractivity contribution < 1.29 is 9.59 Å². The predicted molar refractivity (Wildman–Crippen MR) is 95.1 cm³/mol. The highest BCUT2D eigenvalue weighted by Crippen LogP contribution is 2.15. The highest BCUT2D eigenvalue weighted by Gasteiger charge is 2.17. The number of anilines is 1. The summed E-state index contributed by atoms with van der Waals surface area (Å²) >= 11 is 0. The first-order chi connectivity index (χ1) is 11.6. The van der Waals surface area contributed by atoms with Crippen molar-refractivity contribution >= 4 is 17.5 Å². The standard InChI is InChI=1S/C20H22N2O2/c1-15-6-2-3-7-18(15)20(24)21-17-10-8-16(9-11-17)14-19(23)22-12-4-5-13-22/h2-3,6-11H,4-5,12-14H2,1H3,(H,21,24). The van der Waals surface area contributed by atoms with Crippen molar-refractivity contribution in [2.45, 2.75) is 26.2 Å². The lowest BCUT2D eigenvalue weighted by atomic mass is 10.1. The molecule has 0 atom stereocenters. The maximum atomic E-state index is 12.3. The number of benzene rings is 2. The van der Waals surface area contributed by atoms with Crippen LogP contribution in [0.4, 0.5) is 5.69 Å². The van der Waals surface area contributed by atoms with Crippen LogP contribution < -0.4 is 5.32 Å². The van der Waals surface area contributed by atoms with Gasteiger partial charge in [-0.2, -0.15) is 0 Å². The summed E-state index contributed by atoms with van der Waals surface area (Å²) in [7, 11) is 0. The zero-order valence-corrected chi connectivity index (χ0v) is 13.9. The largest absolute Gasteiger partial charge is 0.342 e. The van der Waals surface area contributed by atoms with Gasteiger partial charge in [0.2, 0.25) is 5.91 Å². The molecule has 1 aliphatic heterocycles. The fourth-order valence-corrected chi connectivity index (χ4v) is 2.98. The molecule has 0 saturated carbocycles. The Labute approximate surface area is 142 Å². The first-order valence-corrected chi connectivity index (χ1v) is 8.37. The zero-order chi connectivity index (χ0) is 16.9. The van der Waals surface area contributed by atoms with E-state index in [4.69, 9.17) is 0 Å². The normalized spacial score (nSPS) is 13.8. The molecule has 4 heteroatoms. The maximum absolute atomic E-state index is 12.3. The van der Waals surface area contributed by atoms with Gasteiger partial charge in [0.15, 0.2) is 0 Å². The van der Waals surface area contributed by atoms with Crippen LogP contribution in [-0.4, -0.2) is 29.8 Å². The molecule has 0 spiro atoms. The topological polar surface area (TPSA) is 49.4 Å². The Hall–Kier alpha value is -2.62. The molecule has 1 N–H and O–H groups in total. The van der Waals surface area contributed by atoms with E-state index in [1.54, 1.807) is 0 Å². The summed E-state index contributed by atoms with van der Waals surface area (Å²) < 4.78 is 0. The van der Waals surface area contributed by atoms with Crippen LogP contribution in [0.1, 0.15) is 34.3 Å². The molecule has 0 unspecified atom stereocenters. The van der Waals surface area contributed by atoms with Gasteiger partial charge in [-0.15, -0.1) is 0 Å². The number of carbonyl (C=O) groups excluding carboxylic acids is 2. The summed E-state index contributed by atoms with van der Waals surface area (Å²) in [5, 5.41) is 2.90. The molecule has 2 aromatic rings. The monoisotopic (exact) mass is 322 g/mol. The van der Waals surface area contributed by atoms with E-state index in [-0.39, 0.29) is 11.8 Å². The molecular weight excluding hydrogens is 300 g/mol. The number of hydrogen-bond acceptors (Lipinski definition) is 2. The summed E-state index contributed by atoms with van der Waals surface area (Å²) in [4.78, 5) is 26.4. The fraction of sp³-hybridized carbons (Fsp3) is 0.300. The SMILES string of the molecule is Cc1ccccc1C(=O)Nc1ccc(CC(=O)N2CCCC2)cc1. The van der Waals surface area contributed by atoms with Gasteiger partial charge in [-0.3, -0.25) is 9.59 Å². The number of nitrogens with zero attached hydrogens (tertiary/aromatic N) is 1. The number of aryl methyl sites for hydroxylation is 1. The second-order valence-corrected chi connectivity index (χ2v) is 6.23. The van der Waals surface area contributed by atoms with Gasteiger partial charge in [0, 0.05) is 24.3 Å². The third-order valence-corrected chi connectivity index (χ3v) is 4.42. The second kappa shape index (κ2) is 7.30. The molecule has 124 valence electrons. The van der Waals surface area contributed by atoms with Gasteiger partial charge in [-0.1, -0.05) is 30.3 Å². The minimum Gasteiger partial charge on any atom is -0.342 e. The highest BCUT2D eigenvalue weighted by molar-refractivity contribution is 6.05. The molecule has 0 aliphatic carbocycles. The number of rotatable bonds is 4. The molecule has 3 rings (SSSR count). The lowest BCUT2D eigenvalue weighted by molar-refractivity contribution is -0.129. The third-order valence-electron chi connectivity index (χ3n) is 4.42. The van der Waals surface area contributed by atoms with Crippen molar-refractivity contribution in [3.05, 3.63) is 65.2 Å². The molecule has 2 aromatic carbocycles. The average molecular weight is 322 g/mol. The Morgan fingerprint density at radius 3 is 2.33 bits per heavy atom. The van der Waals surface area contributed by atoms with Crippen LogP contribution >= 0.6 is 0 Å². The summed E-state index contributed by atoms with van der Waals surface area (Å²) in [5.74, 6) is 0.0678. The molecule has 2 amide bonds. The van der Waals surface area contributed by atoms with E-state index in [2.05, 4.69) is 5.32 Å². The Bertz CT molecular complexity index is 732. The van der Waals surface area contributed by atoms with E-state index in [1.807, 2.05) is 60.4 Å². The summed E-state index contributed by atoms with van der Waals surface area (Å²) in [6, 6.07) is 15.0. The second-order valence-electron chi connectivity index (χ2n) is 6.23. The van der Waals surface area contributed by atoms with Crippen LogP contribution in [0, 0.1) is 6.92 Å². The van der Waals surface area contributed by atoms with E-state index in [9.17, 15) is 9.59 Å². The van der Waals surface area contributed by atoms with Crippen LogP contribution in [-0.2, 0) is 11.2 Å². The predicted octanol–water partition coefficient (Wildman–Crippen LogP) is 3.41. The van der Waals surface area contributed by atoms with Crippen LogP contribution in [0.3, 0.4) is 0 Å². The van der Waals surface area contributed by atoms with Gasteiger partial charge in [-0.25, -0.2) is 0 Å². The Morgan fingerprint density at radius 2 is 1.67 bits per heavy atom. The van der Waals surface area contributed by atoms with Crippen molar-refractivity contribution in [2.24, 2.45) is 0 Å². The first-order valence-electron chi connectivity index (χ1n) is 8.37. The Balaban J connectivity index is 1.61. The van der Waals surface area contributed by atoms with Crippen molar-refractivity contribution in [1.29, 1.82) is 0 Å². The lowest BCUT2D eigenvalue weighted by Crippen LogP contribution is -2.29. The number of nitrogens with one attached hydrogen (secondary N) is 1. The van der Waals surface area contributed by atoms with Gasteiger partial charge < -0.3 is 10.2 Å². The molecule has 24 heavy (non-hydrogen) atoms. The summed E-state index contributed by atoms with van der Waals surface area (Å²) in [6.07, 6.45) is 2.64. The minimum atomic E-state index is -0.117. The van der Waals surface area contributed by atoms with Gasteiger partial charge in [0.05, 0.1) is 6.42 Å². The van der Waals surface area contributed by atoms with E-state index in [0.717, 1.165) is 42.7 Å². The molecule has 1 fully saturated rings. The molecule has 4 nitrogen and oxygen atoms in total. The third kappa shape index (κ3) is 3.82. The number of amides is 2. The molecule has 0 bridgehead atoms. The Morgan fingerprint density at radius 1 is 1.00 bits per heavy atom. The van der Waals surface area contributed by atoms with Crippen molar-refractivity contribution in [1.82, 2.24) is 4.90 Å². The van der Waals surface area contributed by atoms with E-state index >= 15 is 0 Å². The van der Waals surface area contributed by atoms with Crippen molar-refractivity contribution in [3.8, 4) is 0 Å². The van der Waals surface area contributed by atoms with Crippen molar-refractivity contribution in [3.63, 3.8) is 0 Å². The lowest BCUT2D eigenvalue weighted by Gasteiger charge is -2.15. The number of likely N-dealkylation sites (tertiary alicyclic amines) is 1. The smallest absolute Gasteiger partial charge is 0.255 e. The molecule has 1 heterocycles.